The van der Waals surface area contributed by atoms with Crippen molar-refractivity contribution in [1.29, 1.82) is 0 Å². The lowest BCUT2D eigenvalue weighted by Crippen LogP contribution is -2.32. The van der Waals surface area contributed by atoms with Crippen LogP contribution in [0.15, 0.2) is 30.4 Å². The molecule has 1 unspecified atom stereocenters. The van der Waals surface area contributed by atoms with Gasteiger partial charge in [0.2, 0.25) is 5.91 Å². The van der Waals surface area contributed by atoms with Gasteiger partial charge >= 0.3 is 5.97 Å². The maximum Gasteiger partial charge on any atom is 0.348 e. The van der Waals surface area contributed by atoms with Gasteiger partial charge in [0.1, 0.15) is 4.88 Å². The smallest absolute Gasteiger partial charge is 0.348 e. The molecule has 1 aliphatic heterocycles. The van der Waals surface area contributed by atoms with Crippen molar-refractivity contribution in [1.82, 2.24) is 4.90 Å². The number of aliphatic hydroxyl groups excluding tert-OH is 1. The number of thiophene rings is 1. The van der Waals surface area contributed by atoms with Gasteiger partial charge in [-0.3, -0.25) is 4.79 Å². The van der Waals surface area contributed by atoms with E-state index in [1.807, 2.05) is 43.0 Å². The highest BCUT2D eigenvalue weighted by Crippen LogP contribution is 2.22. The zero-order chi connectivity index (χ0) is 21.2. The van der Waals surface area contributed by atoms with Crippen LogP contribution in [-0.2, 0) is 9.53 Å². The first-order chi connectivity index (χ1) is 14.0. The van der Waals surface area contributed by atoms with Crippen molar-refractivity contribution in [3.05, 3.63) is 40.1 Å². The predicted molar refractivity (Wildman–Crippen MR) is 116 cm³/mol. The quantitative estimate of drug-likeness (QED) is 0.397. The third-order valence-corrected chi connectivity index (χ3v) is 5.84. The van der Waals surface area contributed by atoms with Crippen LogP contribution in [0.2, 0.25) is 0 Å². The summed E-state index contributed by atoms with van der Waals surface area (Å²) in [6.45, 7) is 4.47. The topological polar surface area (TPSA) is 66.8 Å². The Hall–Kier alpha value is -2.36. The fraction of sp³-hybridized carbons (Fsp3) is 0.478. The minimum Gasteiger partial charge on any atom is -0.465 e. The number of methoxy groups -OCH3 is 1. The van der Waals surface area contributed by atoms with Gasteiger partial charge in [-0.25, -0.2) is 4.79 Å². The number of hydrogen-bond donors (Lipinski definition) is 1. The van der Waals surface area contributed by atoms with Crippen molar-refractivity contribution in [2.45, 2.75) is 51.7 Å². The number of hydrogen-bond acceptors (Lipinski definition) is 5. The van der Waals surface area contributed by atoms with E-state index in [2.05, 4.69) is 11.8 Å². The van der Waals surface area contributed by atoms with Crippen LogP contribution in [0.3, 0.4) is 0 Å². The third-order valence-electron chi connectivity index (χ3n) is 4.81. The number of amides is 1. The summed E-state index contributed by atoms with van der Waals surface area (Å²) in [7, 11) is 1.36. The molecule has 3 atom stereocenters. The molecular weight excluding hydrogens is 386 g/mol. The number of carbonyl (C=O) groups is 2. The van der Waals surface area contributed by atoms with Crippen molar-refractivity contribution in [3.63, 3.8) is 0 Å². The van der Waals surface area contributed by atoms with Gasteiger partial charge in [-0.15, -0.1) is 23.2 Å². The van der Waals surface area contributed by atoms with E-state index in [0.717, 1.165) is 17.7 Å². The van der Waals surface area contributed by atoms with E-state index in [1.165, 1.54) is 18.4 Å². The monoisotopic (exact) mass is 415 g/mol. The fourth-order valence-corrected chi connectivity index (χ4v) is 3.90. The Labute approximate surface area is 177 Å². The zero-order valence-corrected chi connectivity index (χ0v) is 18.1. The van der Waals surface area contributed by atoms with E-state index >= 15 is 0 Å². The number of nitrogens with zero attached hydrogens (tertiary/aromatic N) is 1. The first-order valence-electron chi connectivity index (χ1n) is 9.92. The molecule has 2 heterocycles. The molecule has 0 aromatic carbocycles. The normalized spacial score (nSPS) is 18.8. The van der Waals surface area contributed by atoms with Crippen LogP contribution < -0.4 is 0 Å². The maximum atomic E-state index is 12.2. The van der Waals surface area contributed by atoms with Crippen LogP contribution in [0.4, 0.5) is 0 Å². The average Bonchev–Trinajstić information content (AvgIpc) is 3.33. The summed E-state index contributed by atoms with van der Waals surface area (Å²) in [4.78, 5) is 27.1. The molecule has 156 valence electrons. The Morgan fingerprint density at radius 1 is 1.45 bits per heavy atom. The van der Waals surface area contributed by atoms with Crippen LogP contribution in [0.1, 0.15) is 54.1 Å². The second kappa shape index (κ2) is 11.6. The molecule has 5 nitrogen and oxygen atoms in total. The molecule has 1 amide bonds. The molecule has 1 N–H and O–H groups in total. The van der Waals surface area contributed by atoms with Crippen LogP contribution in [0.5, 0.6) is 0 Å². The number of ether oxygens (including phenoxy) is 1. The van der Waals surface area contributed by atoms with Gasteiger partial charge in [-0.1, -0.05) is 32.1 Å². The Morgan fingerprint density at radius 2 is 2.24 bits per heavy atom. The summed E-state index contributed by atoms with van der Waals surface area (Å²) in [6, 6.07) is 3.58. The van der Waals surface area contributed by atoms with Crippen LogP contribution in [0.25, 0.3) is 6.08 Å². The van der Waals surface area contributed by atoms with E-state index in [0.29, 0.717) is 24.3 Å². The number of esters is 1. The van der Waals surface area contributed by atoms with Gasteiger partial charge in [0.25, 0.3) is 0 Å². The van der Waals surface area contributed by atoms with Crippen LogP contribution in [-0.4, -0.2) is 47.7 Å². The van der Waals surface area contributed by atoms with Gasteiger partial charge in [0, 0.05) is 30.7 Å². The minimum atomic E-state index is -0.572. The molecule has 29 heavy (non-hydrogen) atoms. The van der Waals surface area contributed by atoms with E-state index in [1.54, 1.807) is 12.1 Å². The lowest BCUT2D eigenvalue weighted by molar-refractivity contribution is -0.127. The third kappa shape index (κ3) is 6.88. The summed E-state index contributed by atoms with van der Waals surface area (Å²) in [5.41, 5.74) is 0. The van der Waals surface area contributed by atoms with Crippen molar-refractivity contribution >= 4 is 29.3 Å². The molecule has 1 aromatic rings. The Bertz CT molecular complexity index is 814. The Kier molecular flexibility index (Phi) is 9.17. The van der Waals surface area contributed by atoms with E-state index in [-0.39, 0.29) is 23.8 Å². The molecule has 1 fully saturated rings. The van der Waals surface area contributed by atoms with Crippen LogP contribution in [0, 0.1) is 17.8 Å². The first kappa shape index (κ1) is 22.9. The number of aliphatic hydroxyl groups is 1. The molecule has 6 heteroatoms. The SMILES string of the molecule is CCC#CCC(C)[C@@H](O)/C=C/[C@H]1CCC(=O)N1C/C=C\c1ccc(C(=O)OC)s1. The lowest BCUT2D eigenvalue weighted by Gasteiger charge is -2.21. The van der Waals surface area contributed by atoms with Crippen molar-refractivity contribution in [2.24, 2.45) is 5.92 Å². The van der Waals surface area contributed by atoms with Gasteiger partial charge in [-0.05, 0) is 30.5 Å². The van der Waals surface area contributed by atoms with E-state index < -0.39 is 6.10 Å². The highest BCUT2D eigenvalue weighted by Gasteiger charge is 2.28. The highest BCUT2D eigenvalue weighted by molar-refractivity contribution is 7.14. The molecule has 0 aliphatic carbocycles. The summed E-state index contributed by atoms with van der Waals surface area (Å²) >= 11 is 1.35. The average molecular weight is 416 g/mol. The van der Waals surface area contributed by atoms with Gasteiger partial charge in [0.05, 0.1) is 19.3 Å². The molecule has 1 saturated heterocycles. The number of likely N-dealkylation sites (tertiary alicyclic amines) is 1. The van der Waals surface area contributed by atoms with Crippen molar-refractivity contribution < 1.29 is 19.4 Å². The van der Waals surface area contributed by atoms with Crippen LogP contribution >= 0.6 is 11.3 Å². The number of rotatable bonds is 8. The molecule has 2 rings (SSSR count). The molecule has 0 spiro atoms. The largest absolute Gasteiger partial charge is 0.465 e. The maximum absolute atomic E-state index is 12.2. The summed E-state index contributed by atoms with van der Waals surface area (Å²) in [5, 5.41) is 10.3. The molecule has 0 saturated carbocycles. The van der Waals surface area contributed by atoms with Gasteiger partial charge in [0.15, 0.2) is 0 Å². The molecule has 1 aromatic heterocycles. The van der Waals surface area contributed by atoms with Crippen molar-refractivity contribution in [3.8, 4) is 11.8 Å². The summed E-state index contributed by atoms with van der Waals surface area (Å²) in [6.07, 6.45) is 9.74. The minimum absolute atomic E-state index is 0.00954. The standard InChI is InChI=1S/C23H29NO4S/c1-4-5-6-8-17(2)20(25)13-10-18-11-15-22(26)24(18)16-7-9-19-12-14-21(29-19)23(27)28-3/h7,9-10,12-14,17-18,20,25H,4,8,11,15-16H2,1-3H3/b9-7-,13-10+/t17?,18-,20-/m0/s1. The summed E-state index contributed by atoms with van der Waals surface area (Å²) in [5.74, 6) is 5.91. The first-order valence-corrected chi connectivity index (χ1v) is 10.7. The molecule has 0 bridgehead atoms. The summed E-state index contributed by atoms with van der Waals surface area (Å²) < 4.78 is 4.71. The fourth-order valence-electron chi connectivity index (χ4n) is 3.04. The predicted octanol–water partition coefficient (Wildman–Crippen LogP) is 3.90. The zero-order valence-electron chi connectivity index (χ0n) is 17.3. The molecule has 0 radical (unpaired) electrons. The second-order valence-corrected chi connectivity index (χ2v) is 8.13. The highest BCUT2D eigenvalue weighted by atomic mass is 32.1. The number of carbonyl (C=O) groups excluding carboxylic acids is 2. The van der Waals surface area contributed by atoms with Gasteiger partial charge in [-0.2, -0.15) is 0 Å². The molecular formula is C23H29NO4S. The Balaban J connectivity index is 1.92. The lowest BCUT2D eigenvalue weighted by atomic mass is 10.00. The molecule has 1 aliphatic rings. The Morgan fingerprint density at radius 3 is 2.97 bits per heavy atom. The van der Waals surface area contributed by atoms with Gasteiger partial charge < -0.3 is 14.7 Å². The second-order valence-electron chi connectivity index (χ2n) is 7.01. The van der Waals surface area contributed by atoms with E-state index in [4.69, 9.17) is 4.74 Å². The van der Waals surface area contributed by atoms with E-state index in [9.17, 15) is 14.7 Å². The van der Waals surface area contributed by atoms with Crippen molar-refractivity contribution in [2.75, 3.05) is 13.7 Å².